The van der Waals surface area contributed by atoms with Crippen molar-refractivity contribution in [2.45, 2.75) is 25.9 Å². The molecule has 4 heteroatoms. The summed E-state index contributed by atoms with van der Waals surface area (Å²) in [4.78, 5) is 16.6. The molecule has 2 fully saturated rings. The molecule has 1 aromatic carbocycles. The predicted octanol–water partition coefficient (Wildman–Crippen LogP) is 1.82. The third kappa shape index (κ3) is 2.66. The zero-order valence-electron chi connectivity index (χ0n) is 12.0. The Morgan fingerprint density at radius 3 is 2.60 bits per heavy atom. The lowest BCUT2D eigenvalue weighted by Crippen LogP contribution is -2.51. The monoisotopic (exact) mass is 274 g/mol. The average molecular weight is 274 g/mol. The standard InChI is InChI=1S/C16H22N2O2/c1-13-5-2-3-6-14(13)17-8-10-18(11-9-17)16(19)15-7-4-12-20-15/h2-3,5-6,15H,4,7-12H2,1H3/t15-/m1/s1. The molecule has 0 unspecified atom stereocenters. The number of para-hydroxylation sites is 1. The first-order valence-corrected chi connectivity index (χ1v) is 7.46. The highest BCUT2D eigenvalue weighted by Crippen LogP contribution is 2.22. The summed E-state index contributed by atoms with van der Waals surface area (Å²) in [7, 11) is 0. The van der Waals surface area contributed by atoms with Crippen molar-refractivity contribution < 1.29 is 9.53 Å². The smallest absolute Gasteiger partial charge is 0.251 e. The summed E-state index contributed by atoms with van der Waals surface area (Å²) in [5, 5.41) is 0. The fourth-order valence-corrected chi connectivity index (χ4v) is 3.06. The highest BCUT2D eigenvalue weighted by Gasteiger charge is 2.30. The molecule has 0 aliphatic carbocycles. The number of piperazine rings is 1. The van der Waals surface area contributed by atoms with Gasteiger partial charge in [-0.15, -0.1) is 0 Å². The Morgan fingerprint density at radius 2 is 1.95 bits per heavy atom. The number of carbonyl (C=O) groups is 1. The van der Waals surface area contributed by atoms with Crippen LogP contribution in [0.5, 0.6) is 0 Å². The Balaban J connectivity index is 1.59. The second-order valence-electron chi connectivity index (χ2n) is 5.60. The van der Waals surface area contributed by atoms with Gasteiger partial charge in [-0.25, -0.2) is 0 Å². The lowest BCUT2D eigenvalue weighted by molar-refractivity contribution is -0.141. The number of hydrogen-bond acceptors (Lipinski definition) is 3. The molecule has 0 spiro atoms. The Labute approximate surface area is 120 Å². The van der Waals surface area contributed by atoms with E-state index in [1.807, 2.05) is 4.90 Å². The Kier molecular flexibility index (Phi) is 3.92. The first-order valence-electron chi connectivity index (χ1n) is 7.46. The summed E-state index contributed by atoms with van der Waals surface area (Å²) < 4.78 is 5.49. The normalized spacial score (nSPS) is 23.1. The van der Waals surface area contributed by atoms with E-state index in [0.717, 1.165) is 45.6 Å². The van der Waals surface area contributed by atoms with Gasteiger partial charge in [0.25, 0.3) is 5.91 Å². The maximum absolute atomic E-state index is 12.3. The second-order valence-corrected chi connectivity index (χ2v) is 5.60. The largest absolute Gasteiger partial charge is 0.368 e. The lowest BCUT2D eigenvalue weighted by Gasteiger charge is -2.37. The minimum atomic E-state index is -0.181. The average Bonchev–Trinajstić information content (AvgIpc) is 3.01. The lowest BCUT2D eigenvalue weighted by atomic mass is 10.1. The van der Waals surface area contributed by atoms with Crippen LogP contribution in [0.2, 0.25) is 0 Å². The number of rotatable bonds is 2. The van der Waals surface area contributed by atoms with E-state index in [9.17, 15) is 4.79 Å². The first kappa shape index (κ1) is 13.4. The number of nitrogens with zero attached hydrogens (tertiary/aromatic N) is 2. The highest BCUT2D eigenvalue weighted by molar-refractivity contribution is 5.81. The molecule has 4 nitrogen and oxygen atoms in total. The van der Waals surface area contributed by atoms with E-state index in [0.29, 0.717) is 0 Å². The van der Waals surface area contributed by atoms with Gasteiger partial charge in [-0.3, -0.25) is 4.79 Å². The third-order valence-electron chi connectivity index (χ3n) is 4.25. The van der Waals surface area contributed by atoms with Gasteiger partial charge in [0.05, 0.1) is 0 Å². The van der Waals surface area contributed by atoms with E-state index in [4.69, 9.17) is 4.74 Å². The predicted molar refractivity (Wildman–Crippen MR) is 78.9 cm³/mol. The van der Waals surface area contributed by atoms with Crippen molar-refractivity contribution in [3.05, 3.63) is 29.8 Å². The van der Waals surface area contributed by atoms with Gasteiger partial charge in [0.2, 0.25) is 0 Å². The topological polar surface area (TPSA) is 32.8 Å². The fraction of sp³-hybridized carbons (Fsp3) is 0.562. The van der Waals surface area contributed by atoms with Crippen LogP contribution in [0.25, 0.3) is 0 Å². The third-order valence-corrected chi connectivity index (χ3v) is 4.25. The van der Waals surface area contributed by atoms with E-state index >= 15 is 0 Å². The van der Waals surface area contributed by atoms with Crippen LogP contribution in [0, 0.1) is 6.92 Å². The summed E-state index contributed by atoms with van der Waals surface area (Å²) in [5.74, 6) is 0.187. The van der Waals surface area contributed by atoms with Crippen molar-refractivity contribution in [2.75, 3.05) is 37.7 Å². The number of carbonyl (C=O) groups excluding carboxylic acids is 1. The van der Waals surface area contributed by atoms with Crippen LogP contribution in [0.3, 0.4) is 0 Å². The SMILES string of the molecule is Cc1ccccc1N1CCN(C(=O)[C@H]2CCCO2)CC1. The molecule has 2 aliphatic rings. The number of aryl methyl sites for hydroxylation is 1. The molecule has 2 aliphatic heterocycles. The molecule has 3 rings (SSSR count). The molecule has 0 radical (unpaired) electrons. The van der Waals surface area contributed by atoms with Crippen molar-refractivity contribution in [2.24, 2.45) is 0 Å². The molecule has 0 aromatic heterocycles. The molecule has 0 saturated carbocycles. The zero-order valence-corrected chi connectivity index (χ0v) is 12.0. The quantitative estimate of drug-likeness (QED) is 0.825. The van der Waals surface area contributed by atoms with E-state index in [1.54, 1.807) is 0 Å². The van der Waals surface area contributed by atoms with Gasteiger partial charge < -0.3 is 14.5 Å². The Morgan fingerprint density at radius 1 is 1.20 bits per heavy atom. The number of benzene rings is 1. The molecular formula is C16H22N2O2. The summed E-state index contributed by atoms with van der Waals surface area (Å²) >= 11 is 0. The summed E-state index contributed by atoms with van der Waals surface area (Å²) in [6, 6.07) is 8.44. The molecule has 1 aromatic rings. The summed E-state index contributed by atoms with van der Waals surface area (Å²) in [5.41, 5.74) is 2.59. The summed E-state index contributed by atoms with van der Waals surface area (Å²) in [6.07, 6.45) is 1.72. The number of ether oxygens (including phenoxy) is 1. The maximum atomic E-state index is 12.3. The van der Waals surface area contributed by atoms with Crippen LogP contribution >= 0.6 is 0 Å². The van der Waals surface area contributed by atoms with E-state index < -0.39 is 0 Å². The van der Waals surface area contributed by atoms with Gasteiger partial charge >= 0.3 is 0 Å². The maximum Gasteiger partial charge on any atom is 0.251 e. The van der Waals surface area contributed by atoms with Crippen LogP contribution in [0.1, 0.15) is 18.4 Å². The molecule has 1 atom stereocenters. The minimum absolute atomic E-state index is 0.181. The van der Waals surface area contributed by atoms with E-state index in [-0.39, 0.29) is 12.0 Å². The summed E-state index contributed by atoms with van der Waals surface area (Å²) in [6.45, 7) is 6.28. The molecule has 2 saturated heterocycles. The molecule has 0 bridgehead atoms. The first-order chi connectivity index (χ1) is 9.75. The van der Waals surface area contributed by atoms with Crippen LogP contribution in [-0.2, 0) is 9.53 Å². The van der Waals surface area contributed by atoms with Crippen molar-refractivity contribution in [1.82, 2.24) is 4.90 Å². The fourth-order valence-electron chi connectivity index (χ4n) is 3.06. The molecule has 108 valence electrons. The minimum Gasteiger partial charge on any atom is -0.368 e. The van der Waals surface area contributed by atoms with Gasteiger partial charge in [-0.2, -0.15) is 0 Å². The van der Waals surface area contributed by atoms with Gasteiger partial charge in [-0.05, 0) is 31.4 Å². The molecule has 0 N–H and O–H groups in total. The number of amides is 1. The number of anilines is 1. The van der Waals surface area contributed by atoms with E-state index in [2.05, 4.69) is 36.1 Å². The van der Waals surface area contributed by atoms with Crippen molar-refractivity contribution in [1.29, 1.82) is 0 Å². The molecule has 2 heterocycles. The molecule has 1 amide bonds. The van der Waals surface area contributed by atoms with Crippen molar-refractivity contribution in [3.63, 3.8) is 0 Å². The van der Waals surface area contributed by atoms with Crippen LogP contribution in [-0.4, -0.2) is 49.7 Å². The Hall–Kier alpha value is -1.55. The molecule has 20 heavy (non-hydrogen) atoms. The van der Waals surface area contributed by atoms with Gasteiger partial charge in [0, 0.05) is 38.5 Å². The van der Waals surface area contributed by atoms with Gasteiger partial charge in [-0.1, -0.05) is 18.2 Å². The molecular weight excluding hydrogens is 252 g/mol. The van der Waals surface area contributed by atoms with E-state index in [1.165, 1.54) is 11.3 Å². The zero-order chi connectivity index (χ0) is 13.9. The Bertz CT molecular complexity index is 475. The van der Waals surface area contributed by atoms with Crippen molar-refractivity contribution >= 4 is 11.6 Å². The second kappa shape index (κ2) is 5.83. The van der Waals surface area contributed by atoms with Crippen molar-refractivity contribution in [3.8, 4) is 0 Å². The van der Waals surface area contributed by atoms with Crippen LogP contribution in [0.15, 0.2) is 24.3 Å². The highest BCUT2D eigenvalue weighted by atomic mass is 16.5. The van der Waals surface area contributed by atoms with Crippen LogP contribution < -0.4 is 4.90 Å². The van der Waals surface area contributed by atoms with Crippen LogP contribution in [0.4, 0.5) is 5.69 Å². The number of hydrogen-bond donors (Lipinski definition) is 0. The van der Waals surface area contributed by atoms with Gasteiger partial charge in [0.15, 0.2) is 0 Å². The van der Waals surface area contributed by atoms with Gasteiger partial charge in [0.1, 0.15) is 6.10 Å².